The van der Waals surface area contributed by atoms with Crippen molar-refractivity contribution in [3.8, 4) is 0 Å². The molecule has 0 fully saturated rings. The normalized spacial score (nSPS) is 10.8. The van der Waals surface area contributed by atoms with Gasteiger partial charge in [0.1, 0.15) is 11.5 Å². The van der Waals surface area contributed by atoms with Crippen LogP contribution in [0.2, 0.25) is 0 Å². The summed E-state index contributed by atoms with van der Waals surface area (Å²) in [6.45, 7) is 4.66. The van der Waals surface area contributed by atoms with E-state index in [1.807, 2.05) is 25.1 Å². The number of hydrogen-bond donors (Lipinski definition) is 2. The molecule has 0 saturated heterocycles. The van der Waals surface area contributed by atoms with Crippen molar-refractivity contribution in [2.45, 2.75) is 26.7 Å². The first-order valence-electron chi connectivity index (χ1n) is 7.32. The van der Waals surface area contributed by atoms with Crippen molar-refractivity contribution < 1.29 is 9.21 Å². The van der Waals surface area contributed by atoms with Crippen molar-refractivity contribution in [3.05, 3.63) is 53.5 Å². The third-order valence-electron chi connectivity index (χ3n) is 3.10. The van der Waals surface area contributed by atoms with Crippen LogP contribution >= 0.6 is 0 Å². The highest BCUT2D eigenvalue weighted by Gasteiger charge is 2.00. The number of rotatable bonds is 7. The van der Waals surface area contributed by atoms with Gasteiger partial charge in [0.05, 0.1) is 6.21 Å². The van der Waals surface area contributed by atoms with E-state index in [1.54, 1.807) is 6.07 Å². The largest absolute Gasteiger partial charge is 0.460 e. The van der Waals surface area contributed by atoms with E-state index < -0.39 is 0 Å². The van der Waals surface area contributed by atoms with Gasteiger partial charge in [-0.3, -0.25) is 4.79 Å². The molecule has 5 nitrogen and oxygen atoms in total. The van der Waals surface area contributed by atoms with E-state index in [-0.39, 0.29) is 5.91 Å². The molecule has 0 bridgehead atoms. The molecule has 22 heavy (non-hydrogen) atoms. The van der Waals surface area contributed by atoms with E-state index in [9.17, 15) is 4.79 Å². The highest BCUT2D eigenvalue weighted by Crippen LogP contribution is 2.08. The molecule has 0 saturated carbocycles. The molecular formula is C17H21N3O2. The van der Waals surface area contributed by atoms with Gasteiger partial charge in [0.15, 0.2) is 0 Å². The maximum Gasteiger partial charge on any atom is 0.240 e. The van der Waals surface area contributed by atoms with Crippen LogP contribution in [0.25, 0.3) is 0 Å². The van der Waals surface area contributed by atoms with Crippen LogP contribution in [0.5, 0.6) is 0 Å². The van der Waals surface area contributed by atoms with E-state index in [0.717, 1.165) is 24.4 Å². The predicted octanol–water partition coefficient (Wildman–Crippen LogP) is 3.24. The Morgan fingerprint density at radius 2 is 1.95 bits per heavy atom. The van der Waals surface area contributed by atoms with Crippen molar-refractivity contribution in [2.75, 3.05) is 11.9 Å². The van der Waals surface area contributed by atoms with Gasteiger partial charge in [0, 0.05) is 18.7 Å². The van der Waals surface area contributed by atoms with Crippen LogP contribution in [0.3, 0.4) is 0 Å². The fourth-order valence-corrected chi connectivity index (χ4v) is 1.90. The number of nitrogens with one attached hydrogen (secondary N) is 2. The summed E-state index contributed by atoms with van der Waals surface area (Å²) < 4.78 is 5.31. The molecule has 0 aliphatic carbocycles. The molecule has 116 valence electrons. The second-order valence-electron chi connectivity index (χ2n) is 5.14. The molecule has 0 unspecified atom stereocenters. The topological polar surface area (TPSA) is 66.6 Å². The Bertz CT molecular complexity index is 630. The van der Waals surface area contributed by atoms with Gasteiger partial charge >= 0.3 is 0 Å². The summed E-state index contributed by atoms with van der Waals surface area (Å²) in [7, 11) is 0. The smallest absolute Gasteiger partial charge is 0.240 e. The lowest BCUT2D eigenvalue weighted by Gasteiger charge is -2.06. The van der Waals surface area contributed by atoms with Gasteiger partial charge in [0.25, 0.3) is 0 Å². The number of hydrogen-bond acceptors (Lipinski definition) is 4. The number of anilines is 1. The summed E-state index contributed by atoms with van der Waals surface area (Å²) in [6, 6.07) is 11.8. The van der Waals surface area contributed by atoms with Gasteiger partial charge < -0.3 is 9.73 Å². The molecule has 0 atom stereocenters. The molecule has 2 N–H and O–H groups in total. The van der Waals surface area contributed by atoms with Crippen LogP contribution in [-0.4, -0.2) is 18.7 Å². The third-order valence-corrected chi connectivity index (χ3v) is 3.10. The summed E-state index contributed by atoms with van der Waals surface area (Å²) in [5.41, 5.74) is 4.79. The zero-order chi connectivity index (χ0) is 15.8. The second-order valence-corrected chi connectivity index (χ2v) is 5.14. The number of benzene rings is 1. The summed E-state index contributed by atoms with van der Waals surface area (Å²) in [5.74, 6) is 1.33. The zero-order valence-corrected chi connectivity index (χ0v) is 12.9. The van der Waals surface area contributed by atoms with Crippen LogP contribution in [0, 0.1) is 13.8 Å². The van der Waals surface area contributed by atoms with E-state index >= 15 is 0 Å². The maximum atomic E-state index is 11.6. The maximum absolute atomic E-state index is 11.6. The molecule has 0 aliphatic rings. The molecular weight excluding hydrogens is 278 g/mol. The Labute approximate surface area is 130 Å². The Kier molecular flexibility index (Phi) is 5.77. The molecule has 1 heterocycles. The average molecular weight is 299 g/mol. The summed E-state index contributed by atoms with van der Waals surface area (Å²) >= 11 is 0. The number of hydrazone groups is 1. The van der Waals surface area contributed by atoms with Crippen molar-refractivity contribution in [3.63, 3.8) is 0 Å². The SMILES string of the molecule is Cc1ccc(NCCCC(=O)N/N=C/c2ccc(C)o2)cc1. The first-order chi connectivity index (χ1) is 10.6. The van der Waals surface area contributed by atoms with Gasteiger partial charge in [-0.2, -0.15) is 5.10 Å². The molecule has 2 rings (SSSR count). The Morgan fingerprint density at radius 1 is 1.18 bits per heavy atom. The summed E-state index contributed by atoms with van der Waals surface area (Å²) in [4.78, 5) is 11.6. The minimum Gasteiger partial charge on any atom is -0.460 e. The number of carbonyl (C=O) groups is 1. The predicted molar refractivity (Wildman–Crippen MR) is 88.1 cm³/mol. The van der Waals surface area contributed by atoms with Crippen LogP contribution in [0.4, 0.5) is 5.69 Å². The van der Waals surface area contributed by atoms with Gasteiger partial charge in [0.2, 0.25) is 5.91 Å². The molecule has 0 aliphatic heterocycles. The van der Waals surface area contributed by atoms with Crippen LogP contribution in [0.1, 0.15) is 29.9 Å². The Balaban J connectivity index is 1.61. The second kappa shape index (κ2) is 8.02. The minimum absolute atomic E-state index is 0.106. The molecule has 2 aromatic rings. The number of carbonyl (C=O) groups excluding carboxylic acids is 1. The lowest BCUT2D eigenvalue weighted by Crippen LogP contribution is -2.18. The molecule has 0 spiro atoms. The van der Waals surface area contributed by atoms with E-state index in [4.69, 9.17) is 4.42 Å². The zero-order valence-electron chi connectivity index (χ0n) is 12.9. The molecule has 1 aromatic heterocycles. The lowest BCUT2D eigenvalue weighted by atomic mass is 10.2. The highest BCUT2D eigenvalue weighted by atomic mass is 16.3. The lowest BCUT2D eigenvalue weighted by molar-refractivity contribution is -0.121. The van der Waals surface area contributed by atoms with Gasteiger partial charge in [-0.05, 0) is 44.5 Å². The highest BCUT2D eigenvalue weighted by molar-refractivity contribution is 5.80. The van der Waals surface area contributed by atoms with E-state index in [0.29, 0.717) is 12.2 Å². The molecule has 1 aromatic carbocycles. The van der Waals surface area contributed by atoms with Crippen molar-refractivity contribution in [1.29, 1.82) is 0 Å². The molecule has 0 radical (unpaired) electrons. The third kappa shape index (κ3) is 5.44. The number of furan rings is 1. The average Bonchev–Trinajstić information content (AvgIpc) is 2.91. The van der Waals surface area contributed by atoms with E-state index in [2.05, 4.69) is 34.9 Å². The Hall–Kier alpha value is -2.56. The first kappa shape index (κ1) is 15.8. The van der Waals surface area contributed by atoms with Crippen molar-refractivity contribution >= 4 is 17.8 Å². The summed E-state index contributed by atoms with van der Waals surface area (Å²) in [6.07, 6.45) is 2.66. The first-order valence-corrected chi connectivity index (χ1v) is 7.32. The van der Waals surface area contributed by atoms with Crippen molar-refractivity contribution in [2.24, 2.45) is 5.10 Å². The van der Waals surface area contributed by atoms with Crippen LogP contribution in [-0.2, 0) is 4.79 Å². The van der Waals surface area contributed by atoms with E-state index in [1.165, 1.54) is 11.8 Å². The van der Waals surface area contributed by atoms with Gasteiger partial charge in [-0.1, -0.05) is 17.7 Å². The van der Waals surface area contributed by atoms with Gasteiger partial charge in [-0.25, -0.2) is 5.43 Å². The number of amides is 1. The standard InChI is InChI=1S/C17H21N3O2/c1-13-5-8-15(9-6-13)18-11-3-4-17(21)20-19-12-16-10-7-14(2)22-16/h5-10,12,18H,3-4,11H2,1-2H3,(H,20,21)/b19-12+. The number of nitrogens with zero attached hydrogens (tertiary/aromatic N) is 1. The summed E-state index contributed by atoms with van der Waals surface area (Å²) in [5, 5.41) is 7.14. The molecule has 1 amide bonds. The van der Waals surface area contributed by atoms with Crippen LogP contribution < -0.4 is 10.7 Å². The van der Waals surface area contributed by atoms with Crippen LogP contribution in [0.15, 0.2) is 45.9 Å². The monoisotopic (exact) mass is 299 g/mol. The van der Waals surface area contributed by atoms with Gasteiger partial charge in [-0.15, -0.1) is 0 Å². The number of aryl methyl sites for hydroxylation is 2. The Morgan fingerprint density at radius 3 is 2.64 bits per heavy atom. The molecule has 5 heteroatoms. The fourth-order valence-electron chi connectivity index (χ4n) is 1.90. The van der Waals surface area contributed by atoms with Crippen molar-refractivity contribution in [1.82, 2.24) is 5.43 Å². The fraction of sp³-hybridized carbons (Fsp3) is 0.294. The minimum atomic E-state index is -0.106. The quantitative estimate of drug-likeness (QED) is 0.468.